The maximum atomic E-state index is 2.75. The van der Waals surface area contributed by atoms with E-state index in [4.69, 9.17) is 0 Å². The van der Waals surface area contributed by atoms with Crippen molar-refractivity contribution >= 4 is 0 Å². The molecule has 0 amide bonds. The van der Waals surface area contributed by atoms with Crippen LogP contribution < -0.4 is 0 Å². The predicted octanol–water partition coefficient (Wildman–Crippen LogP) is 2.84. The molecule has 0 aromatic heterocycles. The number of hydrogen-bond donors (Lipinski definition) is 0. The summed E-state index contributed by atoms with van der Waals surface area (Å²) in [6.07, 6.45) is 5.76. The fraction of sp³-hybridized carbons (Fsp3) is 1.00. The highest BCUT2D eigenvalue weighted by molar-refractivity contribution is 4.86. The Kier molecular flexibility index (Phi) is 4.14. The molecule has 1 saturated carbocycles. The summed E-state index contributed by atoms with van der Waals surface area (Å²) in [7, 11) is 2.24. The smallest absolute Gasteiger partial charge is 0.0113 e. The molecule has 1 aliphatic carbocycles. The Morgan fingerprint density at radius 2 is 1.35 bits per heavy atom. The van der Waals surface area contributed by atoms with E-state index in [0.717, 1.165) is 12.0 Å². The van der Waals surface area contributed by atoms with Gasteiger partial charge in [0.15, 0.2) is 0 Å². The molecule has 2 fully saturated rings. The van der Waals surface area contributed by atoms with Gasteiger partial charge in [-0.05, 0) is 44.1 Å². The van der Waals surface area contributed by atoms with Crippen LogP contribution in [0.2, 0.25) is 0 Å². The average molecular weight is 238 g/mol. The van der Waals surface area contributed by atoms with Crippen LogP contribution in [0.25, 0.3) is 0 Å². The summed E-state index contributed by atoms with van der Waals surface area (Å²) in [6, 6.07) is 0.891. The standard InChI is InChI=1S/C15H30N2/c1-15(2,3)13-5-7-14(8-6-13)17-11-9-16(4)10-12-17/h13-14H,5-12H2,1-4H3. The van der Waals surface area contributed by atoms with Crippen LogP contribution in [0, 0.1) is 11.3 Å². The van der Waals surface area contributed by atoms with E-state index in [-0.39, 0.29) is 0 Å². The topological polar surface area (TPSA) is 6.48 Å². The maximum absolute atomic E-state index is 2.75. The van der Waals surface area contributed by atoms with Crippen molar-refractivity contribution in [2.24, 2.45) is 11.3 Å². The molecular weight excluding hydrogens is 208 g/mol. The van der Waals surface area contributed by atoms with E-state index in [1.807, 2.05) is 0 Å². The van der Waals surface area contributed by atoms with Crippen molar-refractivity contribution in [3.05, 3.63) is 0 Å². The fourth-order valence-electron chi connectivity index (χ4n) is 3.49. The molecule has 17 heavy (non-hydrogen) atoms. The van der Waals surface area contributed by atoms with Crippen LogP contribution in [0.15, 0.2) is 0 Å². The van der Waals surface area contributed by atoms with Gasteiger partial charge in [0.05, 0.1) is 0 Å². The molecule has 0 spiro atoms. The number of nitrogens with zero attached hydrogens (tertiary/aromatic N) is 2. The van der Waals surface area contributed by atoms with Crippen LogP contribution in [0.1, 0.15) is 46.5 Å². The van der Waals surface area contributed by atoms with Gasteiger partial charge in [-0.3, -0.25) is 4.90 Å². The summed E-state index contributed by atoms with van der Waals surface area (Å²) < 4.78 is 0. The molecule has 0 bridgehead atoms. The Hall–Kier alpha value is -0.0800. The first kappa shape index (κ1) is 13.4. The average Bonchev–Trinajstić information content (AvgIpc) is 2.29. The molecule has 1 aliphatic heterocycles. The molecule has 2 rings (SSSR count). The summed E-state index contributed by atoms with van der Waals surface area (Å²) in [6.45, 7) is 12.3. The minimum absolute atomic E-state index is 0.521. The molecule has 2 nitrogen and oxygen atoms in total. The molecule has 100 valence electrons. The van der Waals surface area contributed by atoms with Gasteiger partial charge in [0, 0.05) is 32.2 Å². The van der Waals surface area contributed by atoms with Gasteiger partial charge in [0.25, 0.3) is 0 Å². The first-order valence-electron chi connectivity index (χ1n) is 7.39. The Labute approximate surface area is 107 Å². The number of likely N-dealkylation sites (N-methyl/N-ethyl adjacent to an activating group) is 1. The van der Waals surface area contributed by atoms with Gasteiger partial charge >= 0.3 is 0 Å². The van der Waals surface area contributed by atoms with Crippen molar-refractivity contribution in [1.29, 1.82) is 0 Å². The molecule has 2 aliphatic rings. The molecule has 1 saturated heterocycles. The van der Waals surface area contributed by atoms with Gasteiger partial charge in [-0.2, -0.15) is 0 Å². The van der Waals surface area contributed by atoms with Crippen LogP contribution >= 0.6 is 0 Å². The molecule has 0 atom stereocenters. The zero-order valence-electron chi connectivity index (χ0n) is 12.2. The monoisotopic (exact) mass is 238 g/mol. The normalized spacial score (nSPS) is 33.9. The maximum Gasteiger partial charge on any atom is 0.0113 e. The van der Waals surface area contributed by atoms with Crippen LogP contribution in [0.3, 0.4) is 0 Å². The van der Waals surface area contributed by atoms with E-state index < -0.39 is 0 Å². The molecule has 0 N–H and O–H groups in total. The highest BCUT2D eigenvalue weighted by Gasteiger charge is 2.32. The van der Waals surface area contributed by atoms with Gasteiger partial charge < -0.3 is 4.90 Å². The predicted molar refractivity (Wildman–Crippen MR) is 74.3 cm³/mol. The van der Waals surface area contributed by atoms with Gasteiger partial charge in [-0.25, -0.2) is 0 Å². The molecule has 1 heterocycles. The van der Waals surface area contributed by atoms with Crippen LogP contribution in [-0.2, 0) is 0 Å². The SMILES string of the molecule is CN1CCN(C2CCC(C(C)(C)C)CC2)CC1. The third-order valence-electron chi connectivity index (χ3n) is 4.98. The largest absolute Gasteiger partial charge is 0.304 e. The lowest BCUT2D eigenvalue weighted by Gasteiger charge is -2.43. The second-order valence-corrected chi connectivity index (χ2v) is 7.21. The summed E-state index contributed by atoms with van der Waals surface area (Å²) >= 11 is 0. The Bertz CT molecular complexity index is 228. The first-order valence-corrected chi connectivity index (χ1v) is 7.39. The lowest BCUT2D eigenvalue weighted by molar-refractivity contribution is 0.0619. The minimum Gasteiger partial charge on any atom is -0.304 e. The number of piperazine rings is 1. The van der Waals surface area contributed by atoms with E-state index >= 15 is 0 Å². The number of hydrogen-bond acceptors (Lipinski definition) is 2. The molecule has 2 heteroatoms. The Balaban J connectivity index is 1.79. The van der Waals surface area contributed by atoms with Gasteiger partial charge in [-0.15, -0.1) is 0 Å². The first-order chi connectivity index (χ1) is 7.97. The Morgan fingerprint density at radius 3 is 1.82 bits per heavy atom. The highest BCUT2D eigenvalue weighted by Crippen LogP contribution is 2.39. The summed E-state index contributed by atoms with van der Waals surface area (Å²) in [4.78, 5) is 5.20. The summed E-state index contributed by atoms with van der Waals surface area (Å²) in [5, 5.41) is 0. The van der Waals surface area contributed by atoms with Crippen LogP contribution in [-0.4, -0.2) is 49.1 Å². The van der Waals surface area contributed by atoms with Gasteiger partial charge in [-0.1, -0.05) is 20.8 Å². The molecule has 0 radical (unpaired) electrons. The molecular formula is C15H30N2. The zero-order chi connectivity index (χ0) is 12.5. The molecule has 0 unspecified atom stereocenters. The summed E-state index contributed by atoms with van der Waals surface area (Å²) in [5.41, 5.74) is 0.521. The van der Waals surface area contributed by atoms with E-state index in [2.05, 4.69) is 37.6 Å². The number of rotatable bonds is 1. The van der Waals surface area contributed by atoms with E-state index in [9.17, 15) is 0 Å². The van der Waals surface area contributed by atoms with Crippen molar-refractivity contribution in [3.63, 3.8) is 0 Å². The second-order valence-electron chi connectivity index (χ2n) is 7.21. The third kappa shape index (κ3) is 3.45. The van der Waals surface area contributed by atoms with Gasteiger partial charge in [0.2, 0.25) is 0 Å². The van der Waals surface area contributed by atoms with Crippen molar-refractivity contribution in [1.82, 2.24) is 9.80 Å². The lowest BCUT2D eigenvalue weighted by Crippen LogP contribution is -2.50. The van der Waals surface area contributed by atoms with Crippen LogP contribution in [0.5, 0.6) is 0 Å². The van der Waals surface area contributed by atoms with Crippen molar-refractivity contribution in [2.75, 3.05) is 33.2 Å². The van der Waals surface area contributed by atoms with Crippen molar-refractivity contribution in [2.45, 2.75) is 52.5 Å². The van der Waals surface area contributed by atoms with Crippen LogP contribution in [0.4, 0.5) is 0 Å². The van der Waals surface area contributed by atoms with Gasteiger partial charge in [0.1, 0.15) is 0 Å². The van der Waals surface area contributed by atoms with E-state index in [1.165, 1.54) is 51.9 Å². The van der Waals surface area contributed by atoms with E-state index in [1.54, 1.807) is 0 Å². The third-order valence-corrected chi connectivity index (χ3v) is 4.98. The second kappa shape index (κ2) is 5.27. The minimum atomic E-state index is 0.521. The highest BCUT2D eigenvalue weighted by atomic mass is 15.3. The van der Waals surface area contributed by atoms with E-state index in [0.29, 0.717) is 5.41 Å². The lowest BCUT2D eigenvalue weighted by atomic mass is 9.71. The van der Waals surface area contributed by atoms with Crippen molar-refractivity contribution in [3.8, 4) is 0 Å². The Morgan fingerprint density at radius 1 is 0.824 bits per heavy atom. The summed E-state index contributed by atoms with van der Waals surface area (Å²) in [5.74, 6) is 0.950. The quantitative estimate of drug-likeness (QED) is 0.693. The zero-order valence-corrected chi connectivity index (χ0v) is 12.2. The molecule has 0 aromatic carbocycles. The van der Waals surface area contributed by atoms with Crippen molar-refractivity contribution < 1.29 is 0 Å². The fourth-order valence-corrected chi connectivity index (χ4v) is 3.49. The molecule has 0 aromatic rings.